The van der Waals surface area contributed by atoms with Gasteiger partial charge >= 0.3 is 5.97 Å². The van der Waals surface area contributed by atoms with E-state index in [1.165, 1.54) is 5.56 Å². The Hall–Kier alpha value is -2.54. The van der Waals surface area contributed by atoms with Gasteiger partial charge in [0.25, 0.3) is 0 Å². The number of aliphatic carboxylic acids is 1. The molecule has 1 N–H and O–H groups in total. The van der Waals surface area contributed by atoms with Crippen molar-refractivity contribution in [3.05, 3.63) is 76.3 Å². The van der Waals surface area contributed by atoms with E-state index < -0.39 is 5.97 Å². The molecular weight excluding hydrogens is 346 g/mol. The Labute approximate surface area is 159 Å². The zero-order valence-corrected chi connectivity index (χ0v) is 15.8. The number of carbonyl (C=O) groups is 1. The number of rotatable bonds is 6. The van der Waals surface area contributed by atoms with E-state index in [1.54, 1.807) is 11.9 Å². The van der Waals surface area contributed by atoms with Gasteiger partial charge < -0.3 is 5.11 Å². The van der Waals surface area contributed by atoms with Crippen LogP contribution >= 0.6 is 11.6 Å². The van der Waals surface area contributed by atoms with Crippen molar-refractivity contribution in [3.63, 3.8) is 0 Å². The van der Waals surface area contributed by atoms with Gasteiger partial charge in [-0.05, 0) is 37.2 Å². The molecule has 0 aliphatic heterocycles. The Morgan fingerprint density at radius 1 is 1.19 bits per heavy atom. The average molecular weight is 368 g/mol. The first-order chi connectivity index (χ1) is 12.5. The number of carboxylic acid groups (broad SMARTS) is 1. The van der Waals surface area contributed by atoms with E-state index in [9.17, 15) is 4.79 Å². The lowest BCUT2D eigenvalue weighted by molar-refractivity contribution is -0.137. The maximum atomic E-state index is 10.8. The van der Waals surface area contributed by atoms with Crippen LogP contribution in [0, 0.1) is 11.8 Å². The van der Waals surface area contributed by atoms with Crippen LogP contribution in [-0.2, 0) is 11.2 Å². The van der Waals surface area contributed by atoms with Crippen LogP contribution < -0.4 is 0 Å². The van der Waals surface area contributed by atoms with E-state index in [-0.39, 0.29) is 6.54 Å². The molecular formula is C22H22ClNO2. The van der Waals surface area contributed by atoms with E-state index in [1.807, 2.05) is 42.5 Å². The van der Waals surface area contributed by atoms with Crippen LogP contribution in [0.15, 0.2) is 54.6 Å². The van der Waals surface area contributed by atoms with E-state index in [0.717, 1.165) is 23.1 Å². The monoisotopic (exact) mass is 367 g/mol. The van der Waals surface area contributed by atoms with Crippen LogP contribution in [0.4, 0.5) is 0 Å². The highest BCUT2D eigenvalue weighted by atomic mass is 35.5. The van der Waals surface area contributed by atoms with Gasteiger partial charge in [-0.2, -0.15) is 0 Å². The minimum Gasteiger partial charge on any atom is -0.480 e. The van der Waals surface area contributed by atoms with Gasteiger partial charge in [0.1, 0.15) is 0 Å². The van der Waals surface area contributed by atoms with Crippen LogP contribution in [-0.4, -0.2) is 36.1 Å². The Morgan fingerprint density at radius 2 is 1.88 bits per heavy atom. The van der Waals surface area contributed by atoms with E-state index >= 15 is 0 Å². The summed E-state index contributed by atoms with van der Waals surface area (Å²) in [4.78, 5) is 12.5. The van der Waals surface area contributed by atoms with E-state index in [0.29, 0.717) is 11.6 Å². The lowest BCUT2D eigenvalue weighted by atomic mass is 10.0. The predicted octanol–water partition coefficient (Wildman–Crippen LogP) is 4.35. The van der Waals surface area contributed by atoms with Crippen LogP contribution in [0.2, 0.25) is 5.02 Å². The van der Waals surface area contributed by atoms with Gasteiger partial charge in [-0.25, -0.2) is 0 Å². The quantitative estimate of drug-likeness (QED) is 0.771. The second-order valence-electron chi connectivity index (χ2n) is 5.99. The van der Waals surface area contributed by atoms with Gasteiger partial charge in [-0.3, -0.25) is 9.69 Å². The summed E-state index contributed by atoms with van der Waals surface area (Å²) < 4.78 is 0. The summed E-state index contributed by atoms with van der Waals surface area (Å²) in [7, 11) is 1.76. The number of nitrogens with zero attached hydrogens (tertiary/aromatic N) is 1. The maximum Gasteiger partial charge on any atom is 0.317 e. The van der Waals surface area contributed by atoms with Crippen molar-refractivity contribution in [3.8, 4) is 11.8 Å². The third kappa shape index (κ3) is 6.07. The molecule has 2 aromatic rings. The summed E-state index contributed by atoms with van der Waals surface area (Å²) in [6.07, 6.45) is 2.91. The third-order valence-corrected chi connectivity index (χ3v) is 4.21. The Kier molecular flexibility index (Phi) is 7.47. The number of allylic oxidation sites excluding steroid dienone is 1. The Morgan fingerprint density at radius 3 is 2.50 bits per heavy atom. The van der Waals surface area contributed by atoms with Crippen LogP contribution in [0.5, 0.6) is 0 Å². The molecule has 0 amide bonds. The van der Waals surface area contributed by atoms with E-state index in [2.05, 4.69) is 30.9 Å². The highest BCUT2D eigenvalue weighted by molar-refractivity contribution is 6.32. The molecule has 0 bridgehead atoms. The zero-order chi connectivity index (χ0) is 18.9. The number of carboxylic acids is 1. The first-order valence-electron chi connectivity index (χ1n) is 8.46. The second-order valence-corrected chi connectivity index (χ2v) is 6.40. The number of aryl methyl sites for hydroxylation is 1. The average Bonchev–Trinajstić information content (AvgIpc) is 2.62. The third-order valence-electron chi connectivity index (χ3n) is 3.88. The molecule has 0 spiro atoms. The van der Waals surface area contributed by atoms with Gasteiger partial charge in [0, 0.05) is 28.3 Å². The highest BCUT2D eigenvalue weighted by Crippen LogP contribution is 2.23. The van der Waals surface area contributed by atoms with Crippen LogP contribution in [0.25, 0.3) is 5.57 Å². The molecule has 0 aliphatic rings. The van der Waals surface area contributed by atoms with Crippen molar-refractivity contribution >= 4 is 23.1 Å². The molecule has 0 saturated carbocycles. The van der Waals surface area contributed by atoms with Gasteiger partial charge in [0.05, 0.1) is 6.54 Å². The minimum atomic E-state index is -0.859. The van der Waals surface area contributed by atoms with Crippen molar-refractivity contribution in [2.24, 2.45) is 0 Å². The molecule has 4 heteroatoms. The summed E-state index contributed by atoms with van der Waals surface area (Å²) in [6, 6.07) is 15.7. The lowest BCUT2D eigenvalue weighted by Crippen LogP contribution is -2.25. The maximum absolute atomic E-state index is 10.8. The number of hydrogen-bond acceptors (Lipinski definition) is 2. The molecule has 0 radical (unpaired) electrons. The summed E-state index contributed by atoms with van der Waals surface area (Å²) in [5.74, 6) is 5.51. The molecule has 26 heavy (non-hydrogen) atoms. The number of hydrogen-bond donors (Lipinski definition) is 1. The normalized spacial score (nSPS) is 11.2. The topological polar surface area (TPSA) is 40.5 Å². The van der Waals surface area contributed by atoms with Gasteiger partial charge in [0.15, 0.2) is 0 Å². The van der Waals surface area contributed by atoms with Crippen LogP contribution in [0.3, 0.4) is 0 Å². The molecule has 134 valence electrons. The predicted molar refractivity (Wildman–Crippen MR) is 107 cm³/mol. The van der Waals surface area contributed by atoms with Crippen molar-refractivity contribution in [1.82, 2.24) is 4.90 Å². The number of likely N-dealkylation sites (N-methyl/N-ethyl adjacent to an activating group) is 1. The van der Waals surface area contributed by atoms with Gasteiger partial charge in [-0.1, -0.05) is 66.8 Å². The zero-order valence-electron chi connectivity index (χ0n) is 15.0. The highest BCUT2D eigenvalue weighted by Gasteiger charge is 2.06. The molecule has 3 nitrogen and oxygen atoms in total. The summed E-state index contributed by atoms with van der Waals surface area (Å²) >= 11 is 6.32. The van der Waals surface area contributed by atoms with Crippen molar-refractivity contribution < 1.29 is 9.90 Å². The minimum absolute atomic E-state index is 0.0296. The molecule has 0 saturated heterocycles. The molecule has 0 fully saturated rings. The van der Waals surface area contributed by atoms with Crippen molar-refractivity contribution in [2.45, 2.75) is 13.3 Å². The van der Waals surface area contributed by atoms with Gasteiger partial charge in [0.2, 0.25) is 0 Å². The smallest absolute Gasteiger partial charge is 0.317 e. The molecule has 0 heterocycles. The molecule has 0 atom stereocenters. The standard InChI is InChI=1S/C22H22ClNO2/c1-3-17-8-10-18(11-9-17)12-13-19(14-15-24(2)16-22(25)26)20-6-4-5-7-21(20)23/h4-11,14H,3,15-16H2,1-2H3,(H,25,26). The molecule has 0 unspecified atom stereocenters. The fraction of sp³-hybridized carbons (Fsp3) is 0.227. The Bertz CT molecular complexity index is 844. The molecule has 2 rings (SSSR count). The first-order valence-corrected chi connectivity index (χ1v) is 8.83. The first kappa shape index (κ1) is 19.8. The SMILES string of the molecule is CCc1ccc(C#CC(=CCN(C)CC(=O)O)c2ccccc2Cl)cc1. The fourth-order valence-corrected chi connectivity index (χ4v) is 2.65. The van der Waals surface area contributed by atoms with E-state index in [4.69, 9.17) is 16.7 Å². The summed E-state index contributed by atoms with van der Waals surface area (Å²) in [6.45, 7) is 2.56. The Balaban J connectivity index is 2.30. The second kappa shape index (κ2) is 9.82. The summed E-state index contributed by atoms with van der Waals surface area (Å²) in [5, 5.41) is 9.51. The van der Waals surface area contributed by atoms with Crippen LogP contribution in [0.1, 0.15) is 23.6 Å². The fourth-order valence-electron chi connectivity index (χ4n) is 2.41. The molecule has 0 aliphatic carbocycles. The number of halogens is 1. The number of benzene rings is 2. The molecule has 2 aromatic carbocycles. The van der Waals surface area contributed by atoms with Crippen molar-refractivity contribution in [2.75, 3.05) is 20.1 Å². The lowest BCUT2D eigenvalue weighted by Gasteiger charge is -2.12. The van der Waals surface area contributed by atoms with Gasteiger partial charge in [-0.15, -0.1) is 0 Å². The largest absolute Gasteiger partial charge is 0.480 e. The van der Waals surface area contributed by atoms with Crippen molar-refractivity contribution in [1.29, 1.82) is 0 Å². The summed E-state index contributed by atoms with van der Waals surface area (Å²) in [5.41, 5.74) is 3.83. The molecule has 0 aromatic heterocycles.